The van der Waals surface area contributed by atoms with Gasteiger partial charge in [-0.3, -0.25) is 0 Å². The van der Waals surface area contributed by atoms with Crippen molar-refractivity contribution in [3.8, 4) is 0 Å². The molecule has 1 aliphatic rings. The highest BCUT2D eigenvalue weighted by Gasteiger charge is 2.41. The first-order valence-electron chi connectivity index (χ1n) is 8.07. The van der Waals surface area contributed by atoms with Crippen LogP contribution in [0, 0.1) is 24.4 Å². The van der Waals surface area contributed by atoms with Crippen molar-refractivity contribution >= 4 is 10.0 Å². The average Bonchev–Trinajstić information content (AvgIpc) is 2.57. The predicted octanol–water partition coefficient (Wildman–Crippen LogP) is 3.40. The first-order chi connectivity index (χ1) is 12.2. The molecule has 0 aromatic heterocycles. The lowest BCUT2D eigenvalue weighted by molar-refractivity contribution is 0.0446. The molecule has 0 spiro atoms. The molecule has 26 heavy (non-hydrogen) atoms. The molecular formula is C18H18F3NO3S. The minimum atomic E-state index is -4.15. The van der Waals surface area contributed by atoms with Crippen LogP contribution in [0.5, 0.6) is 0 Å². The monoisotopic (exact) mass is 385 g/mol. The third-order valence-corrected chi connectivity index (χ3v) is 6.24. The summed E-state index contributed by atoms with van der Waals surface area (Å²) in [6.45, 7) is 1.96. The zero-order valence-corrected chi connectivity index (χ0v) is 14.9. The van der Waals surface area contributed by atoms with E-state index in [1.54, 1.807) is 6.92 Å². The number of halogens is 3. The number of nitrogens with one attached hydrogen (secondary N) is 1. The maximum atomic E-state index is 14.4. The summed E-state index contributed by atoms with van der Waals surface area (Å²) in [5.74, 6) is -2.28. The molecule has 1 heterocycles. The van der Waals surface area contributed by atoms with Crippen LogP contribution in [-0.4, -0.2) is 21.6 Å². The third-order valence-electron chi connectivity index (χ3n) is 4.56. The van der Waals surface area contributed by atoms with Crippen LogP contribution < -0.4 is 4.72 Å². The smallest absolute Gasteiger partial charge is 0.241 e. The molecule has 1 N–H and O–H groups in total. The maximum Gasteiger partial charge on any atom is 0.241 e. The van der Waals surface area contributed by atoms with Crippen molar-refractivity contribution in [3.63, 3.8) is 0 Å². The summed E-state index contributed by atoms with van der Waals surface area (Å²) in [6.07, 6.45) is 0.340. The number of hydrogen-bond acceptors (Lipinski definition) is 3. The molecule has 4 nitrogen and oxygen atoms in total. The summed E-state index contributed by atoms with van der Waals surface area (Å²) in [7, 11) is -4.15. The molecule has 140 valence electrons. The van der Waals surface area contributed by atoms with Crippen LogP contribution in [0.1, 0.15) is 24.0 Å². The molecule has 3 rings (SSSR count). The highest BCUT2D eigenvalue weighted by molar-refractivity contribution is 7.89. The average molecular weight is 385 g/mol. The van der Waals surface area contributed by atoms with E-state index in [1.807, 2.05) is 0 Å². The van der Waals surface area contributed by atoms with Crippen LogP contribution in [0.2, 0.25) is 0 Å². The van der Waals surface area contributed by atoms with Crippen LogP contribution in [0.25, 0.3) is 0 Å². The molecule has 1 saturated heterocycles. The van der Waals surface area contributed by atoms with Gasteiger partial charge in [-0.1, -0.05) is 12.1 Å². The number of rotatable bonds is 4. The maximum absolute atomic E-state index is 14.4. The Hall–Kier alpha value is -1.90. The Labute approximate surface area is 150 Å². The highest BCUT2D eigenvalue weighted by Crippen LogP contribution is 2.36. The lowest BCUT2D eigenvalue weighted by Crippen LogP contribution is -2.50. The van der Waals surface area contributed by atoms with E-state index in [-0.39, 0.29) is 36.5 Å². The van der Waals surface area contributed by atoms with Gasteiger partial charge >= 0.3 is 0 Å². The van der Waals surface area contributed by atoms with Gasteiger partial charge in [0, 0.05) is 24.8 Å². The van der Waals surface area contributed by atoms with Crippen LogP contribution in [0.3, 0.4) is 0 Å². The Kier molecular flexibility index (Phi) is 5.09. The second-order valence-electron chi connectivity index (χ2n) is 6.33. The Morgan fingerprint density at radius 2 is 1.62 bits per heavy atom. The standard InChI is InChI=1S/C18H18F3NO3S/c1-12-2-3-14(20)11-17(12)26(23,24)22-18(6-8-25-9-7-18)15-5-4-13(19)10-16(15)21/h2-5,10-11,22H,6-9H2,1H3. The molecule has 0 amide bonds. The topological polar surface area (TPSA) is 55.4 Å². The number of sulfonamides is 1. The molecule has 0 bridgehead atoms. The second-order valence-corrected chi connectivity index (χ2v) is 7.98. The van der Waals surface area contributed by atoms with E-state index < -0.39 is 33.0 Å². The highest BCUT2D eigenvalue weighted by atomic mass is 32.2. The Balaban J connectivity index is 2.08. The van der Waals surface area contributed by atoms with E-state index in [0.29, 0.717) is 11.6 Å². The minimum absolute atomic E-state index is 0.0415. The summed E-state index contributed by atoms with van der Waals surface area (Å²) in [4.78, 5) is -0.217. The van der Waals surface area contributed by atoms with Crippen LogP contribution >= 0.6 is 0 Å². The summed E-state index contributed by atoms with van der Waals surface area (Å²) in [5, 5.41) is 0. The quantitative estimate of drug-likeness (QED) is 0.878. The van der Waals surface area contributed by atoms with Gasteiger partial charge in [0.05, 0.1) is 10.4 Å². The van der Waals surface area contributed by atoms with E-state index in [1.165, 1.54) is 12.1 Å². The number of aryl methyl sites for hydroxylation is 1. The van der Waals surface area contributed by atoms with Gasteiger partial charge in [0.15, 0.2) is 0 Å². The first-order valence-corrected chi connectivity index (χ1v) is 9.55. The molecule has 8 heteroatoms. The van der Waals surface area contributed by atoms with E-state index in [9.17, 15) is 21.6 Å². The van der Waals surface area contributed by atoms with Crippen LogP contribution in [-0.2, 0) is 20.3 Å². The summed E-state index contributed by atoms with van der Waals surface area (Å²) in [6, 6.07) is 6.48. The first kappa shape index (κ1) is 18.9. The largest absolute Gasteiger partial charge is 0.381 e. The number of ether oxygens (including phenoxy) is 1. The van der Waals surface area contributed by atoms with Gasteiger partial charge in [-0.2, -0.15) is 0 Å². The second kappa shape index (κ2) is 7.02. The minimum Gasteiger partial charge on any atom is -0.381 e. The molecule has 1 fully saturated rings. The Morgan fingerprint density at radius 3 is 2.27 bits per heavy atom. The van der Waals surface area contributed by atoms with Crippen molar-refractivity contribution in [1.29, 1.82) is 0 Å². The summed E-state index contributed by atoms with van der Waals surface area (Å²) in [5.41, 5.74) is -0.895. The molecule has 0 atom stereocenters. The SMILES string of the molecule is Cc1ccc(F)cc1S(=O)(=O)NC1(c2ccc(F)cc2F)CCOCC1. The molecule has 2 aromatic rings. The number of hydrogen-bond donors (Lipinski definition) is 1. The van der Waals surface area contributed by atoms with E-state index >= 15 is 0 Å². The van der Waals surface area contributed by atoms with Gasteiger partial charge in [0.1, 0.15) is 17.5 Å². The van der Waals surface area contributed by atoms with Crippen molar-refractivity contribution < 1.29 is 26.3 Å². The molecular weight excluding hydrogens is 367 g/mol. The molecule has 1 aliphatic heterocycles. The number of benzene rings is 2. The zero-order chi connectivity index (χ0) is 18.9. The fourth-order valence-corrected chi connectivity index (χ4v) is 4.90. The van der Waals surface area contributed by atoms with Crippen molar-refractivity contribution in [3.05, 3.63) is 65.0 Å². The van der Waals surface area contributed by atoms with Crippen LogP contribution in [0.4, 0.5) is 13.2 Å². The van der Waals surface area contributed by atoms with E-state index in [0.717, 1.165) is 18.2 Å². The fourth-order valence-electron chi connectivity index (χ4n) is 3.20. The lowest BCUT2D eigenvalue weighted by atomic mass is 9.83. The summed E-state index contributed by atoms with van der Waals surface area (Å²) >= 11 is 0. The molecule has 0 unspecified atom stereocenters. The van der Waals surface area contributed by atoms with E-state index in [2.05, 4.69) is 4.72 Å². The normalized spacial score (nSPS) is 17.2. The zero-order valence-electron chi connectivity index (χ0n) is 14.1. The van der Waals surface area contributed by atoms with Crippen molar-refractivity contribution in [2.45, 2.75) is 30.2 Å². The van der Waals surface area contributed by atoms with Crippen molar-refractivity contribution in [2.24, 2.45) is 0 Å². The predicted molar refractivity (Wildman–Crippen MR) is 89.5 cm³/mol. The van der Waals surface area contributed by atoms with Gasteiger partial charge in [-0.25, -0.2) is 26.3 Å². The Bertz CT molecular complexity index is 925. The van der Waals surface area contributed by atoms with Gasteiger partial charge in [0.2, 0.25) is 10.0 Å². The van der Waals surface area contributed by atoms with Crippen LogP contribution in [0.15, 0.2) is 41.3 Å². The Morgan fingerprint density at radius 1 is 1.00 bits per heavy atom. The van der Waals surface area contributed by atoms with Gasteiger partial charge in [-0.15, -0.1) is 0 Å². The summed E-state index contributed by atoms with van der Waals surface area (Å²) < 4.78 is 74.9. The van der Waals surface area contributed by atoms with Gasteiger partial charge in [0.25, 0.3) is 0 Å². The van der Waals surface area contributed by atoms with Crippen molar-refractivity contribution in [2.75, 3.05) is 13.2 Å². The van der Waals surface area contributed by atoms with Gasteiger partial charge in [-0.05, 0) is 43.5 Å². The van der Waals surface area contributed by atoms with Gasteiger partial charge < -0.3 is 4.74 Å². The molecule has 2 aromatic carbocycles. The third kappa shape index (κ3) is 3.62. The molecule has 0 radical (unpaired) electrons. The van der Waals surface area contributed by atoms with Crippen molar-refractivity contribution in [1.82, 2.24) is 4.72 Å². The molecule has 0 saturated carbocycles. The fraction of sp³-hybridized carbons (Fsp3) is 0.333. The lowest BCUT2D eigenvalue weighted by Gasteiger charge is -2.38. The molecule has 0 aliphatic carbocycles. The van der Waals surface area contributed by atoms with E-state index in [4.69, 9.17) is 4.74 Å².